The number of pyridine rings is 1. The van der Waals surface area contributed by atoms with E-state index in [1.165, 1.54) is 6.92 Å². The van der Waals surface area contributed by atoms with Gasteiger partial charge >= 0.3 is 12.1 Å². The van der Waals surface area contributed by atoms with Gasteiger partial charge in [0.05, 0.1) is 5.69 Å². The summed E-state index contributed by atoms with van der Waals surface area (Å²) in [6.07, 6.45) is 0.903. The molecule has 1 aromatic carbocycles. The van der Waals surface area contributed by atoms with Gasteiger partial charge in [0.1, 0.15) is 5.60 Å². The van der Waals surface area contributed by atoms with Crippen LogP contribution in [0.3, 0.4) is 0 Å². The van der Waals surface area contributed by atoms with Gasteiger partial charge in [0.15, 0.2) is 5.75 Å². The average Bonchev–Trinajstić information content (AvgIpc) is 2.67. The Bertz CT molecular complexity index is 1000. The Balaban J connectivity index is 2.76. The molecule has 6 nitrogen and oxygen atoms in total. The Morgan fingerprint density at radius 2 is 1.53 bits per heavy atom. The molecular weight excluding hydrogens is 428 g/mol. The second-order valence-electron chi connectivity index (χ2n) is 10.7. The van der Waals surface area contributed by atoms with Crippen molar-refractivity contribution in [1.82, 2.24) is 10.3 Å². The fourth-order valence-corrected chi connectivity index (χ4v) is 3.73. The lowest BCUT2D eigenvalue weighted by molar-refractivity contribution is -0.131. The molecule has 0 spiro atoms. The Labute approximate surface area is 204 Å². The van der Waals surface area contributed by atoms with Crippen molar-refractivity contribution in [3.05, 3.63) is 46.8 Å². The molecule has 0 saturated heterocycles. The molecule has 1 heterocycles. The number of nitrogens with one attached hydrogen (secondary N) is 1. The van der Waals surface area contributed by atoms with Crippen LogP contribution in [0.15, 0.2) is 24.3 Å². The van der Waals surface area contributed by atoms with Gasteiger partial charge in [-0.3, -0.25) is 9.78 Å². The predicted molar refractivity (Wildman–Crippen MR) is 136 cm³/mol. The van der Waals surface area contributed by atoms with Crippen molar-refractivity contribution in [3.63, 3.8) is 0 Å². The molecule has 6 heteroatoms. The Hall–Kier alpha value is -2.89. The van der Waals surface area contributed by atoms with Crippen LogP contribution in [0.4, 0.5) is 4.79 Å². The molecule has 0 fully saturated rings. The third-order valence-electron chi connectivity index (χ3n) is 5.01. The Kier molecular flexibility index (Phi) is 9.25. The summed E-state index contributed by atoms with van der Waals surface area (Å²) in [4.78, 5) is 29.6. The molecule has 0 radical (unpaired) electrons. The van der Waals surface area contributed by atoms with Gasteiger partial charge in [0.2, 0.25) is 0 Å². The first-order valence-electron chi connectivity index (χ1n) is 12.0. The summed E-state index contributed by atoms with van der Waals surface area (Å²) in [5.74, 6) is 0.747. The first-order valence-corrected chi connectivity index (χ1v) is 12.0. The van der Waals surface area contributed by atoms with Gasteiger partial charge in [-0.1, -0.05) is 57.5 Å². The van der Waals surface area contributed by atoms with E-state index in [0.29, 0.717) is 24.0 Å². The molecule has 0 bridgehead atoms. The molecule has 2 rings (SSSR count). The smallest absolute Gasteiger partial charge is 0.407 e. The molecule has 0 saturated carbocycles. The number of hydrogen-bond acceptors (Lipinski definition) is 5. The van der Waals surface area contributed by atoms with Crippen molar-refractivity contribution in [2.45, 2.75) is 87.3 Å². The highest BCUT2D eigenvalue weighted by Gasteiger charge is 2.25. The number of benzene rings is 1. The fraction of sp³-hybridized carbons (Fsp3) is 0.536. The van der Waals surface area contributed by atoms with E-state index in [2.05, 4.69) is 33.0 Å². The number of ether oxygens (including phenoxy) is 2. The molecule has 0 aliphatic carbocycles. The van der Waals surface area contributed by atoms with E-state index in [0.717, 1.165) is 40.1 Å². The lowest BCUT2D eigenvalue weighted by atomic mass is 9.91. The molecule has 2 aromatic rings. The highest BCUT2D eigenvalue weighted by atomic mass is 16.6. The van der Waals surface area contributed by atoms with Crippen LogP contribution in [0.5, 0.6) is 5.75 Å². The molecule has 1 aromatic heterocycles. The van der Waals surface area contributed by atoms with Crippen molar-refractivity contribution in [2.24, 2.45) is 11.8 Å². The molecule has 0 atom stereocenters. The predicted octanol–water partition coefficient (Wildman–Crippen LogP) is 6.40. The number of nitrogens with zero attached hydrogens (tertiary/aromatic N) is 1. The third-order valence-corrected chi connectivity index (χ3v) is 5.01. The molecular formula is C28H40N2O4. The lowest BCUT2D eigenvalue weighted by Gasteiger charge is -2.24. The van der Waals surface area contributed by atoms with Crippen LogP contribution < -0.4 is 10.1 Å². The topological polar surface area (TPSA) is 77.5 Å². The van der Waals surface area contributed by atoms with Gasteiger partial charge in [0, 0.05) is 30.3 Å². The number of carbonyl (C=O) groups excluding carboxylic acids is 2. The monoisotopic (exact) mass is 468 g/mol. The maximum Gasteiger partial charge on any atom is 0.407 e. The van der Waals surface area contributed by atoms with Gasteiger partial charge in [-0.2, -0.15) is 0 Å². The van der Waals surface area contributed by atoms with Crippen molar-refractivity contribution in [2.75, 3.05) is 0 Å². The first kappa shape index (κ1) is 27.4. The standard InChI is InChI=1S/C28H40N2O4/c1-17(2)14-23-22(16-29-27(32)34-28(7,8)9)25(21-12-10-19(5)11-13-21)26(33-20(6)31)24(30-23)15-18(3)4/h10-13,17-18H,14-16H2,1-9H3,(H,29,32). The molecule has 186 valence electrons. The third kappa shape index (κ3) is 8.15. The Morgan fingerprint density at radius 3 is 2.03 bits per heavy atom. The second-order valence-corrected chi connectivity index (χ2v) is 10.7. The van der Waals surface area contributed by atoms with Crippen LogP contribution in [0.25, 0.3) is 11.1 Å². The molecule has 0 aliphatic heterocycles. The van der Waals surface area contributed by atoms with E-state index in [-0.39, 0.29) is 6.54 Å². The zero-order chi connectivity index (χ0) is 25.6. The number of amides is 1. The van der Waals surface area contributed by atoms with E-state index in [4.69, 9.17) is 14.5 Å². The van der Waals surface area contributed by atoms with Crippen molar-refractivity contribution in [1.29, 1.82) is 0 Å². The lowest BCUT2D eigenvalue weighted by Crippen LogP contribution is -2.32. The summed E-state index contributed by atoms with van der Waals surface area (Å²) in [5.41, 5.74) is 4.74. The number of aromatic nitrogens is 1. The molecule has 0 unspecified atom stereocenters. The normalized spacial score (nSPS) is 11.6. The molecule has 34 heavy (non-hydrogen) atoms. The number of hydrogen-bond donors (Lipinski definition) is 1. The summed E-state index contributed by atoms with van der Waals surface area (Å²) in [7, 11) is 0. The summed E-state index contributed by atoms with van der Waals surface area (Å²) in [6.45, 7) is 17.6. The largest absolute Gasteiger partial charge is 0.444 e. The summed E-state index contributed by atoms with van der Waals surface area (Å²) in [6, 6.07) is 8.10. The van der Waals surface area contributed by atoms with Gasteiger partial charge in [-0.05, 0) is 57.9 Å². The minimum Gasteiger partial charge on any atom is -0.444 e. The summed E-state index contributed by atoms with van der Waals surface area (Å²) >= 11 is 0. The van der Waals surface area contributed by atoms with Crippen LogP contribution in [-0.2, 0) is 28.9 Å². The zero-order valence-corrected chi connectivity index (χ0v) is 22.2. The number of carbonyl (C=O) groups is 2. The van der Waals surface area contributed by atoms with Gasteiger partial charge < -0.3 is 14.8 Å². The zero-order valence-electron chi connectivity index (χ0n) is 22.2. The van der Waals surface area contributed by atoms with E-state index < -0.39 is 17.7 Å². The van der Waals surface area contributed by atoms with Crippen molar-refractivity contribution < 1.29 is 19.1 Å². The first-order chi connectivity index (χ1) is 15.8. The Morgan fingerprint density at radius 1 is 0.971 bits per heavy atom. The van der Waals surface area contributed by atoms with Crippen molar-refractivity contribution >= 4 is 12.1 Å². The number of alkyl carbamates (subject to hydrolysis) is 1. The highest BCUT2D eigenvalue weighted by molar-refractivity contribution is 5.81. The highest BCUT2D eigenvalue weighted by Crippen LogP contribution is 2.39. The van der Waals surface area contributed by atoms with Crippen LogP contribution in [0.1, 0.15) is 77.9 Å². The minimum absolute atomic E-state index is 0.212. The van der Waals surface area contributed by atoms with Gasteiger partial charge in [0.25, 0.3) is 0 Å². The average molecular weight is 469 g/mol. The van der Waals surface area contributed by atoms with Gasteiger partial charge in [-0.15, -0.1) is 0 Å². The van der Waals surface area contributed by atoms with E-state index in [1.54, 1.807) is 0 Å². The van der Waals surface area contributed by atoms with E-state index >= 15 is 0 Å². The maximum atomic E-state index is 12.5. The number of esters is 1. The van der Waals surface area contributed by atoms with Gasteiger partial charge in [-0.25, -0.2) is 4.79 Å². The maximum absolute atomic E-state index is 12.5. The summed E-state index contributed by atoms with van der Waals surface area (Å²) < 4.78 is 11.3. The molecule has 0 aliphatic rings. The quantitative estimate of drug-likeness (QED) is 0.453. The second kappa shape index (κ2) is 11.5. The SMILES string of the molecule is CC(=O)Oc1c(CC(C)C)nc(CC(C)C)c(CNC(=O)OC(C)(C)C)c1-c1ccc(C)cc1. The van der Waals surface area contributed by atoms with Crippen LogP contribution in [-0.4, -0.2) is 22.6 Å². The minimum atomic E-state index is -0.604. The fourth-order valence-electron chi connectivity index (χ4n) is 3.73. The molecule has 1 amide bonds. The van der Waals surface area contributed by atoms with Crippen LogP contribution in [0, 0.1) is 18.8 Å². The van der Waals surface area contributed by atoms with Crippen molar-refractivity contribution in [3.8, 4) is 16.9 Å². The van der Waals surface area contributed by atoms with E-state index in [9.17, 15) is 9.59 Å². The summed E-state index contributed by atoms with van der Waals surface area (Å²) in [5, 5.41) is 2.89. The number of rotatable bonds is 8. The molecule has 1 N–H and O–H groups in total. The van der Waals surface area contributed by atoms with Crippen LogP contribution in [0.2, 0.25) is 0 Å². The van der Waals surface area contributed by atoms with E-state index in [1.807, 2.05) is 52.0 Å². The van der Waals surface area contributed by atoms with Crippen LogP contribution >= 0.6 is 0 Å². The number of aryl methyl sites for hydroxylation is 1.